The molecule has 1 N–H and O–H groups in total. The van der Waals surface area contributed by atoms with Gasteiger partial charge in [-0.2, -0.15) is 0 Å². The number of carbonyl (C=O) groups excluding carboxylic acids is 1. The highest BCUT2D eigenvalue weighted by molar-refractivity contribution is 7.12. The smallest absolute Gasteiger partial charge is 0.262 e. The summed E-state index contributed by atoms with van der Waals surface area (Å²) in [6.07, 6.45) is 4.34. The summed E-state index contributed by atoms with van der Waals surface area (Å²) >= 11 is 1.47. The number of nitrogens with zero attached hydrogens (tertiary/aromatic N) is 2. The highest BCUT2D eigenvalue weighted by Gasteiger charge is 2.15. The van der Waals surface area contributed by atoms with Gasteiger partial charge in [-0.3, -0.25) is 4.79 Å². The second kappa shape index (κ2) is 7.70. The van der Waals surface area contributed by atoms with Crippen molar-refractivity contribution in [2.75, 3.05) is 18.0 Å². The van der Waals surface area contributed by atoms with Crippen molar-refractivity contribution in [3.8, 4) is 11.1 Å². The molecule has 0 unspecified atom stereocenters. The Hall–Kier alpha value is -2.66. The number of pyridine rings is 1. The third kappa shape index (κ3) is 3.63. The van der Waals surface area contributed by atoms with Gasteiger partial charge in [0.25, 0.3) is 5.91 Å². The second-order valence-electron chi connectivity index (χ2n) is 6.43. The summed E-state index contributed by atoms with van der Waals surface area (Å²) in [6.45, 7) is 2.66. The van der Waals surface area contributed by atoms with Crippen molar-refractivity contribution >= 4 is 23.1 Å². The maximum atomic E-state index is 12.6. The van der Waals surface area contributed by atoms with E-state index in [9.17, 15) is 4.79 Å². The summed E-state index contributed by atoms with van der Waals surface area (Å²) in [5.41, 5.74) is 3.06. The number of aromatic nitrogens is 1. The van der Waals surface area contributed by atoms with Crippen molar-refractivity contribution in [2.45, 2.75) is 19.4 Å². The maximum Gasteiger partial charge on any atom is 0.262 e. The lowest BCUT2D eigenvalue weighted by Gasteiger charge is -2.16. The summed E-state index contributed by atoms with van der Waals surface area (Å²) in [4.78, 5) is 20.2. The quantitative estimate of drug-likeness (QED) is 0.733. The number of carbonyl (C=O) groups is 1. The van der Waals surface area contributed by atoms with E-state index in [0.29, 0.717) is 6.54 Å². The minimum atomic E-state index is -0.0394. The Morgan fingerprint density at radius 3 is 2.62 bits per heavy atom. The van der Waals surface area contributed by atoms with Crippen LogP contribution >= 0.6 is 11.3 Å². The predicted octanol–water partition coefficient (Wildman–Crippen LogP) is 4.34. The molecule has 5 heteroatoms. The van der Waals surface area contributed by atoms with Crippen LogP contribution in [-0.2, 0) is 6.54 Å². The Morgan fingerprint density at radius 2 is 1.88 bits per heavy atom. The van der Waals surface area contributed by atoms with Gasteiger partial charge < -0.3 is 10.2 Å². The zero-order chi connectivity index (χ0) is 17.8. The van der Waals surface area contributed by atoms with Crippen molar-refractivity contribution < 1.29 is 4.79 Å². The molecule has 1 fully saturated rings. The lowest BCUT2D eigenvalue weighted by molar-refractivity contribution is 0.0955. The van der Waals surface area contributed by atoms with Gasteiger partial charge in [-0.15, -0.1) is 11.3 Å². The van der Waals surface area contributed by atoms with Crippen LogP contribution in [0.5, 0.6) is 0 Å². The molecule has 1 saturated heterocycles. The molecular formula is C21H21N3OS. The number of benzene rings is 1. The fourth-order valence-electron chi connectivity index (χ4n) is 3.25. The van der Waals surface area contributed by atoms with Gasteiger partial charge in [0.05, 0.1) is 4.88 Å². The zero-order valence-electron chi connectivity index (χ0n) is 14.5. The Labute approximate surface area is 157 Å². The van der Waals surface area contributed by atoms with Crippen molar-refractivity contribution in [1.29, 1.82) is 0 Å². The average molecular weight is 363 g/mol. The first kappa shape index (κ1) is 16.8. The molecule has 0 aliphatic carbocycles. The third-order valence-corrected chi connectivity index (χ3v) is 5.56. The van der Waals surface area contributed by atoms with Crippen LogP contribution in [0.2, 0.25) is 0 Å². The topological polar surface area (TPSA) is 45.2 Å². The summed E-state index contributed by atoms with van der Waals surface area (Å²) in [7, 11) is 0. The van der Waals surface area contributed by atoms with Crippen LogP contribution in [0.3, 0.4) is 0 Å². The molecule has 132 valence electrons. The van der Waals surface area contributed by atoms with Crippen LogP contribution in [0, 0.1) is 0 Å². The molecule has 4 nitrogen and oxygen atoms in total. The predicted molar refractivity (Wildman–Crippen MR) is 107 cm³/mol. The van der Waals surface area contributed by atoms with Gasteiger partial charge in [-0.25, -0.2) is 4.98 Å². The van der Waals surface area contributed by atoms with Crippen molar-refractivity contribution in [3.05, 3.63) is 70.5 Å². The molecule has 3 heterocycles. The van der Waals surface area contributed by atoms with Crippen LogP contribution in [0.4, 0.5) is 5.82 Å². The van der Waals surface area contributed by atoms with E-state index in [1.165, 1.54) is 24.2 Å². The Balaban J connectivity index is 1.41. The first-order valence-corrected chi connectivity index (χ1v) is 9.80. The van der Waals surface area contributed by atoms with Gasteiger partial charge in [0.15, 0.2) is 0 Å². The highest BCUT2D eigenvalue weighted by atomic mass is 32.1. The number of thiophene rings is 1. The molecule has 0 spiro atoms. The highest BCUT2D eigenvalue weighted by Crippen LogP contribution is 2.28. The van der Waals surface area contributed by atoms with Crippen molar-refractivity contribution in [2.24, 2.45) is 0 Å². The molecule has 4 rings (SSSR count). The first-order chi connectivity index (χ1) is 12.8. The fourth-order valence-corrected chi connectivity index (χ4v) is 4.08. The number of rotatable bonds is 5. The number of anilines is 1. The summed E-state index contributed by atoms with van der Waals surface area (Å²) in [5.74, 6) is 0.990. The van der Waals surface area contributed by atoms with Crippen molar-refractivity contribution in [1.82, 2.24) is 10.3 Å². The van der Waals surface area contributed by atoms with Gasteiger partial charge in [0, 0.05) is 31.4 Å². The average Bonchev–Trinajstić information content (AvgIpc) is 3.39. The van der Waals surface area contributed by atoms with Gasteiger partial charge in [-0.05, 0) is 41.5 Å². The van der Waals surface area contributed by atoms with Gasteiger partial charge in [0.2, 0.25) is 0 Å². The molecule has 1 aliphatic rings. The van der Waals surface area contributed by atoms with Gasteiger partial charge >= 0.3 is 0 Å². The minimum Gasteiger partial charge on any atom is -0.357 e. The molecule has 1 amide bonds. The van der Waals surface area contributed by atoms with E-state index >= 15 is 0 Å². The van der Waals surface area contributed by atoms with E-state index in [0.717, 1.165) is 40.5 Å². The third-order valence-electron chi connectivity index (χ3n) is 4.65. The molecular weight excluding hydrogens is 342 g/mol. The molecule has 0 atom stereocenters. The first-order valence-electron chi connectivity index (χ1n) is 8.92. The second-order valence-corrected chi connectivity index (χ2v) is 7.35. The lowest BCUT2D eigenvalue weighted by atomic mass is 10.1. The van der Waals surface area contributed by atoms with Crippen molar-refractivity contribution in [3.63, 3.8) is 0 Å². The molecule has 0 saturated carbocycles. The summed E-state index contributed by atoms with van der Waals surface area (Å²) in [6, 6.07) is 16.1. The molecule has 0 radical (unpaired) electrons. The molecule has 3 aromatic rings. The molecule has 26 heavy (non-hydrogen) atoms. The van der Waals surface area contributed by atoms with E-state index in [4.69, 9.17) is 0 Å². The van der Waals surface area contributed by atoms with Crippen LogP contribution in [-0.4, -0.2) is 24.0 Å². The minimum absolute atomic E-state index is 0.0394. The fraction of sp³-hybridized carbons (Fsp3) is 0.238. The SMILES string of the molecule is O=C(NCc1ccc(N2CCCC2)nc1)c1sccc1-c1ccccc1. The summed E-state index contributed by atoms with van der Waals surface area (Å²) in [5, 5.41) is 4.98. The van der Waals surface area contributed by atoms with E-state index in [2.05, 4.69) is 15.2 Å². The molecule has 1 aliphatic heterocycles. The van der Waals surface area contributed by atoms with Crippen LogP contribution in [0.1, 0.15) is 28.1 Å². The number of nitrogens with one attached hydrogen (secondary N) is 1. The normalized spacial score (nSPS) is 13.8. The largest absolute Gasteiger partial charge is 0.357 e. The Bertz CT molecular complexity index is 868. The number of amides is 1. The van der Waals surface area contributed by atoms with E-state index in [-0.39, 0.29) is 5.91 Å². The molecule has 2 aromatic heterocycles. The van der Waals surface area contributed by atoms with Gasteiger partial charge in [-0.1, -0.05) is 36.4 Å². The monoisotopic (exact) mass is 363 g/mol. The van der Waals surface area contributed by atoms with E-state index < -0.39 is 0 Å². The van der Waals surface area contributed by atoms with E-state index in [1.54, 1.807) is 0 Å². The van der Waals surface area contributed by atoms with Gasteiger partial charge in [0.1, 0.15) is 5.82 Å². The molecule has 0 bridgehead atoms. The van der Waals surface area contributed by atoms with Crippen LogP contribution in [0.15, 0.2) is 60.1 Å². The Morgan fingerprint density at radius 1 is 1.08 bits per heavy atom. The van der Waals surface area contributed by atoms with Crippen LogP contribution < -0.4 is 10.2 Å². The number of hydrogen-bond acceptors (Lipinski definition) is 4. The molecule has 1 aromatic carbocycles. The zero-order valence-corrected chi connectivity index (χ0v) is 15.3. The summed E-state index contributed by atoms with van der Waals surface area (Å²) < 4.78 is 0. The van der Waals surface area contributed by atoms with Crippen LogP contribution in [0.25, 0.3) is 11.1 Å². The number of hydrogen-bond donors (Lipinski definition) is 1. The maximum absolute atomic E-state index is 12.6. The lowest BCUT2D eigenvalue weighted by Crippen LogP contribution is -2.23. The Kier molecular flexibility index (Phi) is 4.97. The van der Waals surface area contributed by atoms with E-state index in [1.807, 2.05) is 60.1 Å². The standard InChI is InChI=1S/C21H21N3OS/c25-21(20-18(10-13-26-20)17-6-2-1-3-7-17)23-15-16-8-9-19(22-14-16)24-11-4-5-12-24/h1-3,6-10,13-14H,4-5,11-12,15H2,(H,23,25).